The average Bonchev–Trinajstić information content (AvgIpc) is 2.33. The molecule has 0 spiro atoms. The van der Waals surface area contributed by atoms with E-state index in [2.05, 4.69) is 10.0 Å². The minimum absolute atomic E-state index is 0.259. The van der Waals surface area contributed by atoms with Crippen LogP contribution in [0, 0.1) is 0 Å². The summed E-state index contributed by atoms with van der Waals surface area (Å²) in [5, 5.41) is 3.24. The fraction of sp³-hybridized carbons (Fsp3) is 0.538. The molecule has 1 unspecified atom stereocenters. The van der Waals surface area contributed by atoms with Gasteiger partial charge in [0.25, 0.3) is 0 Å². The van der Waals surface area contributed by atoms with Crippen molar-refractivity contribution in [3.8, 4) is 0 Å². The molecule has 0 aliphatic heterocycles. The lowest BCUT2D eigenvalue weighted by molar-refractivity contribution is 0.540. The molecule has 2 N–H and O–H groups in total. The molecule has 0 aliphatic rings. The zero-order valence-corrected chi connectivity index (χ0v) is 13.1. The molecule has 0 saturated heterocycles. The molecule has 1 rings (SSSR count). The van der Waals surface area contributed by atoms with Crippen LogP contribution in [0.3, 0.4) is 0 Å². The normalized spacial score (nSPS) is 13.7. The van der Waals surface area contributed by atoms with E-state index in [1.54, 1.807) is 25.1 Å². The molecule has 0 aromatic heterocycles. The van der Waals surface area contributed by atoms with E-state index < -0.39 is 15.3 Å². The minimum Gasteiger partial charge on any atom is -0.313 e. The molecule has 6 heteroatoms. The smallest absolute Gasteiger partial charge is 0.215 e. The number of hydrogen-bond acceptors (Lipinski definition) is 3. The van der Waals surface area contributed by atoms with Gasteiger partial charge in [0.2, 0.25) is 10.0 Å². The Balaban J connectivity index is 2.55. The third-order valence-corrected chi connectivity index (χ3v) is 4.72. The molecule has 0 aliphatic carbocycles. The molecule has 4 nitrogen and oxygen atoms in total. The second kappa shape index (κ2) is 7.24. The summed E-state index contributed by atoms with van der Waals surface area (Å²) in [7, 11) is -3.32. The predicted molar refractivity (Wildman–Crippen MR) is 79.8 cm³/mol. The fourth-order valence-corrected chi connectivity index (χ4v) is 2.67. The minimum atomic E-state index is -3.32. The van der Waals surface area contributed by atoms with Crippen LogP contribution >= 0.6 is 11.6 Å². The van der Waals surface area contributed by atoms with Crippen LogP contribution in [0.4, 0.5) is 0 Å². The molecule has 0 saturated carbocycles. The third kappa shape index (κ3) is 5.91. The van der Waals surface area contributed by atoms with Gasteiger partial charge in [0, 0.05) is 24.2 Å². The predicted octanol–water partition coefficient (Wildman–Crippen LogP) is 2.15. The van der Waals surface area contributed by atoms with Gasteiger partial charge in [-0.3, -0.25) is 0 Å². The Hall–Kier alpha value is -0.620. The number of hydrogen-bond donors (Lipinski definition) is 2. The van der Waals surface area contributed by atoms with Crippen LogP contribution in [0.25, 0.3) is 0 Å². The highest BCUT2D eigenvalue weighted by atomic mass is 35.5. The Morgan fingerprint density at radius 2 is 1.95 bits per heavy atom. The lowest BCUT2D eigenvalue weighted by atomic mass is 10.2. The van der Waals surface area contributed by atoms with Gasteiger partial charge in [0.15, 0.2) is 0 Å². The molecule has 0 fully saturated rings. The summed E-state index contributed by atoms with van der Waals surface area (Å²) in [4.78, 5) is 0. The van der Waals surface area contributed by atoms with Gasteiger partial charge in [-0.05, 0) is 24.6 Å². The van der Waals surface area contributed by atoms with Crippen LogP contribution in [0.5, 0.6) is 0 Å². The van der Waals surface area contributed by atoms with Crippen LogP contribution in [0.15, 0.2) is 24.3 Å². The van der Waals surface area contributed by atoms with Gasteiger partial charge in [0.05, 0.1) is 5.25 Å². The van der Waals surface area contributed by atoms with Crippen molar-refractivity contribution in [3.05, 3.63) is 34.9 Å². The first-order valence-corrected chi connectivity index (χ1v) is 8.20. The van der Waals surface area contributed by atoms with Crippen molar-refractivity contribution in [1.29, 1.82) is 0 Å². The topological polar surface area (TPSA) is 58.2 Å². The zero-order valence-electron chi connectivity index (χ0n) is 11.5. The summed E-state index contributed by atoms with van der Waals surface area (Å²) in [5.74, 6) is 0. The Kier molecular flexibility index (Phi) is 6.26. The molecule has 1 aromatic carbocycles. The van der Waals surface area contributed by atoms with E-state index in [1.165, 1.54) is 0 Å². The van der Waals surface area contributed by atoms with E-state index in [1.807, 2.05) is 19.9 Å². The molecule has 19 heavy (non-hydrogen) atoms. The van der Waals surface area contributed by atoms with Crippen LogP contribution in [0.1, 0.15) is 26.3 Å². The highest BCUT2D eigenvalue weighted by molar-refractivity contribution is 7.90. The summed E-state index contributed by atoms with van der Waals surface area (Å²) in [6.45, 7) is 6.35. The highest BCUT2D eigenvalue weighted by Crippen LogP contribution is 2.11. The largest absolute Gasteiger partial charge is 0.313 e. The fourth-order valence-electron chi connectivity index (χ4n) is 1.48. The molecule has 108 valence electrons. The lowest BCUT2D eigenvalue weighted by Gasteiger charge is -2.16. The summed E-state index contributed by atoms with van der Waals surface area (Å²) >= 11 is 5.85. The van der Waals surface area contributed by atoms with E-state index in [-0.39, 0.29) is 12.6 Å². The molecule has 0 amide bonds. The number of halogens is 1. The molecular formula is C13H21ClN2O2S. The number of nitrogens with one attached hydrogen (secondary N) is 2. The van der Waals surface area contributed by atoms with Gasteiger partial charge in [-0.15, -0.1) is 0 Å². The van der Waals surface area contributed by atoms with E-state index in [4.69, 9.17) is 11.6 Å². The molecular weight excluding hydrogens is 284 g/mol. The van der Waals surface area contributed by atoms with Gasteiger partial charge in [0.1, 0.15) is 0 Å². The van der Waals surface area contributed by atoms with Crippen molar-refractivity contribution in [1.82, 2.24) is 10.0 Å². The second-order valence-corrected chi connectivity index (χ2v) is 7.49. The molecule has 1 atom stereocenters. The first-order valence-electron chi connectivity index (χ1n) is 6.27. The molecule has 0 bridgehead atoms. The average molecular weight is 305 g/mol. The van der Waals surface area contributed by atoms with E-state index >= 15 is 0 Å². The maximum absolute atomic E-state index is 12.0. The first-order chi connectivity index (χ1) is 8.81. The summed E-state index contributed by atoms with van der Waals surface area (Å²) in [5.41, 5.74) is 0.847. The Morgan fingerprint density at radius 1 is 1.26 bits per heavy atom. The van der Waals surface area contributed by atoms with Crippen LogP contribution in [0.2, 0.25) is 5.02 Å². The van der Waals surface area contributed by atoms with Crippen molar-refractivity contribution in [2.45, 2.75) is 38.6 Å². The van der Waals surface area contributed by atoms with E-state index in [0.29, 0.717) is 11.6 Å². The lowest BCUT2D eigenvalue weighted by Crippen LogP contribution is -2.40. The number of rotatable bonds is 7. The van der Waals surface area contributed by atoms with Crippen LogP contribution < -0.4 is 10.0 Å². The maximum Gasteiger partial charge on any atom is 0.215 e. The Labute approximate surface area is 120 Å². The van der Waals surface area contributed by atoms with Gasteiger partial charge in [-0.1, -0.05) is 37.6 Å². The SMILES string of the molecule is CC(C)NCC(C)S(=O)(=O)NCc1cccc(Cl)c1. The number of sulfonamides is 1. The number of benzene rings is 1. The van der Waals surface area contributed by atoms with Gasteiger partial charge in [-0.2, -0.15) is 0 Å². The quantitative estimate of drug-likeness (QED) is 0.811. The Morgan fingerprint density at radius 3 is 2.53 bits per heavy atom. The summed E-state index contributed by atoms with van der Waals surface area (Å²) in [6.07, 6.45) is 0. The van der Waals surface area contributed by atoms with Gasteiger partial charge >= 0.3 is 0 Å². The second-order valence-electron chi connectivity index (χ2n) is 4.87. The van der Waals surface area contributed by atoms with E-state index in [0.717, 1.165) is 5.56 Å². The standard InChI is InChI=1S/C13H21ClN2O2S/c1-10(2)15-8-11(3)19(17,18)16-9-12-5-4-6-13(14)7-12/h4-7,10-11,15-16H,8-9H2,1-3H3. The van der Waals surface area contributed by atoms with Crippen molar-refractivity contribution in [3.63, 3.8) is 0 Å². The summed E-state index contributed by atoms with van der Waals surface area (Å²) < 4.78 is 26.6. The molecule has 0 heterocycles. The zero-order chi connectivity index (χ0) is 14.5. The maximum atomic E-state index is 12.0. The first kappa shape index (κ1) is 16.4. The van der Waals surface area contributed by atoms with E-state index in [9.17, 15) is 8.42 Å². The monoisotopic (exact) mass is 304 g/mol. The third-order valence-electron chi connectivity index (χ3n) is 2.71. The van der Waals surface area contributed by atoms with Crippen LogP contribution in [-0.2, 0) is 16.6 Å². The van der Waals surface area contributed by atoms with Crippen molar-refractivity contribution < 1.29 is 8.42 Å². The van der Waals surface area contributed by atoms with Gasteiger partial charge in [-0.25, -0.2) is 13.1 Å². The summed E-state index contributed by atoms with van der Waals surface area (Å²) in [6, 6.07) is 7.42. The van der Waals surface area contributed by atoms with Gasteiger partial charge < -0.3 is 5.32 Å². The van der Waals surface area contributed by atoms with Crippen molar-refractivity contribution >= 4 is 21.6 Å². The van der Waals surface area contributed by atoms with Crippen LogP contribution in [-0.4, -0.2) is 26.3 Å². The molecule has 1 aromatic rings. The van der Waals surface area contributed by atoms with Crippen molar-refractivity contribution in [2.75, 3.05) is 6.54 Å². The highest BCUT2D eigenvalue weighted by Gasteiger charge is 2.20. The molecule has 0 radical (unpaired) electrons. The van der Waals surface area contributed by atoms with Crippen molar-refractivity contribution in [2.24, 2.45) is 0 Å². The Bertz CT molecular complexity index is 503.